The number of halogens is 1. The van der Waals surface area contributed by atoms with E-state index in [4.69, 9.17) is 11.6 Å². The molecule has 2 heterocycles. The molecule has 0 aromatic carbocycles. The number of carbonyl (C=O) groups is 1. The number of methoxy groups -OCH3 is 1. The smallest absolute Gasteiger partial charge is 0.358 e. The van der Waals surface area contributed by atoms with Crippen LogP contribution in [0.3, 0.4) is 0 Å². The first-order valence-electron chi connectivity index (χ1n) is 5.10. The third-order valence-electron chi connectivity index (χ3n) is 2.22. The van der Waals surface area contributed by atoms with Crippen molar-refractivity contribution in [1.82, 2.24) is 14.8 Å². The number of nitrogens with zero attached hydrogens (tertiary/aromatic N) is 3. The summed E-state index contributed by atoms with van der Waals surface area (Å²) < 4.78 is 6.30. The molecule has 18 heavy (non-hydrogen) atoms. The maximum absolute atomic E-state index is 11.6. The first-order valence-corrected chi connectivity index (χ1v) is 5.48. The molecule has 0 aliphatic rings. The normalized spacial score (nSPS) is 10.2. The van der Waals surface area contributed by atoms with E-state index >= 15 is 0 Å². The Bertz CT molecular complexity index is 582. The molecule has 0 fully saturated rings. The van der Waals surface area contributed by atoms with Gasteiger partial charge in [-0.15, -0.1) is 0 Å². The molecule has 2 aromatic heterocycles. The fourth-order valence-corrected chi connectivity index (χ4v) is 1.58. The van der Waals surface area contributed by atoms with Gasteiger partial charge in [0.25, 0.3) is 0 Å². The zero-order chi connectivity index (χ0) is 13.1. The van der Waals surface area contributed by atoms with Crippen molar-refractivity contribution in [1.29, 1.82) is 0 Å². The highest BCUT2D eigenvalue weighted by Gasteiger charge is 2.15. The highest BCUT2D eigenvalue weighted by Crippen LogP contribution is 2.21. The quantitative estimate of drug-likeness (QED) is 0.680. The van der Waals surface area contributed by atoms with E-state index in [0.29, 0.717) is 5.69 Å². The second kappa shape index (κ2) is 5.05. The van der Waals surface area contributed by atoms with Crippen molar-refractivity contribution in [3.8, 4) is 0 Å². The minimum absolute atomic E-state index is 0.133. The van der Waals surface area contributed by atoms with Crippen molar-refractivity contribution >= 4 is 28.9 Å². The Morgan fingerprint density at radius 1 is 1.50 bits per heavy atom. The van der Waals surface area contributed by atoms with Crippen molar-refractivity contribution in [3.05, 3.63) is 35.4 Å². The van der Waals surface area contributed by atoms with E-state index in [9.17, 15) is 4.79 Å². The molecule has 7 heteroatoms. The summed E-state index contributed by atoms with van der Waals surface area (Å²) in [6, 6.07) is 3.25. The second-order valence-corrected chi connectivity index (χ2v) is 3.94. The summed E-state index contributed by atoms with van der Waals surface area (Å²) in [5, 5.41) is 7.28. The van der Waals surface area contributed by atoms with Crippen molar-refractivity contribution < 1.29 is 9.53 Å². The summed E-state index contributed by atoms with van der Waals surface area (Å²) >= 11 is 5.76. The van der Waals surface area contributed by atoms with Gasteiger partial charge in [0.15, 0.2) is 5.69 Å². The number of nitrogens with one attached hydrogen (secondary N) is 1. The van der Waals surface area contributed by atoms with Crippen LogP contribution in [0.15, 0.2) is 24.5 Å². The standard InChI is InChI=1S/C11H11ClN4O2/c1-16-6-7(5-13-16)14-8-3-4-9(12)15-10(8)11(17)18-2/h3-6,14H,1-2H3. The number of hydrogen-bond acceptors (Lipinski definition) is 5. The number of aryl methyl sites for hydroxylation is 1. The van der Waals surface area contributed by atoms with Gasteiger partial charge in [-0.05, 0) is 12.1 Å². The number of pyridine rings is 1. The lowest BCUT2D eigenvalue weighted by Crippen LogP contribution is -2.08. The van der Waals surface area contributed by atoms with E-state index in [0.717, 1.165) is 5.69 Å². The summed E-state index contributed by atoms with van der Waals surface area (Å²) in [5.41, 5.74) is 1.39. The van der Waals surface area contributed by atoms with Crippen LogP contribution in [-0.4, -0.2) is 27.8 Å². The van der Waals surface area contributed by atoms with Crippen molar-refractivity contribution in [2.24, 2.45) is 7.05 Å². The number of anilines is 2. The average Bonchev–Trinajstić information content (AvgIpc) is 2.76. The van der Waals surface area contributed by atoms with E-state index < -0.39 is 5.97 Å². The lowest BCUT2D eigenvalue weighted by atomic mass is 10.3. The maximum Gasteiger partial charge on any atom is 0.358 e. The van der Waals surface area contributed by atoms with Gasteiger partial charge in [0.2, 0.25) is 0 Å². The van der Waals surface area contributed by atoms with Gasteiger partial charge in [0.05, 0.1) is 24.7 Å². The van der Waals surface area contributed by atoms with Crippen LogP contribution in [0.4, 0.5) is 11.4 Å². The fourth-order valence-electron chi connectivity index (χ4n) is 1.43. The first kappa shape index (κ1) is 12.4. The maximum atomic E-state index is 11.6. The molecule has 6 nitrogen and oxygen atoms in total. The molecule has 1 N–H and O–H groups in total. The van der Waals surface area contributed by atoms with E-state index in [2.05, 4.69) is 20.1 Å². The first-order chi connectivity index (χ1) is 8.60. The molecule has 0 radical (unpaired) electrons. The van der Waals surface area contributed by atoms with Gasteiger partial charge in [-0.1, -0.05) is 11.6 Å². The van der Waals surface area contributed by atoms with E-state index in [1.807, 2.05) is 0 Å². The SMILES string of the molecule is COC(=O)c1nc(Cl)ccc1Nc1cnn(C)c1. The van der Waals surface area contributed by atoms with Crippen LogP contribution in [0.1, 0.15) is 10.5 Å². The molecule has 0 atom stereocenters. The number of esters is 1. The summed E-state index contributed by atoms with van der Waals surface area (Å²) in [6.07, 6.45) is 3.41. The summed E-state index contributed by atoms with van der Waals surface area (Å²) in [5.74, 6) is -0.552. The Morgan fingerprint density at radius 2 is 2.28 bits per heavy atom. The Kier molecular flexibility index (Phi) is 3.47. The van der Waals surface area contributed by atoms with E-state index in [-0.39, 0.29) is 10.8 Å². The summed E-state index contributed by atoms with van der Waals surface area (Å²) in [7, 11) is 3.09. The zero-order valence-electron chi connectivity index (χ0n) is 9.85. The molecule has 0 amide bonds. The van der Waals surface area contributed by atoms with Crippen molar-refractivity contribution in [2.75, 3.05) is 12.4 Å². The molecule has 0 aliphatic heterocycles. The van der Waals surface area contributed by atoms with Crippen LogP contribution in [0.25, 0.3) is 0 Å². The third kappa shape index (κ3) is 2.60. The number of rotatable bonds is 3. The fraction of sp³-hybridized carbons (Fsp3) is 0.182. The van der Waals surface area contributed by atoms with Crippen LogP contribution < -0.4 is 5.32 Å². The topological polar surface area (TPSA) is 69.0 Å². The Labute approximate surface area is 109 Å². The molecule has 0 spiro atoms. The molecule has 2 aromatic rings. The monoisotopic (exact) mass is 266 g/mol. The molecule has 0 saturated carbocycles. The average molecular weight is 267 g/mol. The molecular weight excluding hydrogens is 256 g/mol. The molecule has 94 valence electrons. The number of carbonyl (C=O) groups excluding carboxylic acids is 1. The largest absolute Gasteiger partial charge is 0.464 e. The molecule has 2 rings (SSSR count). The Balaban J connectivity index is 2.35. The van der Waals surface area contributed by atoms with Crippen LogP contribution in [-0.2, 0) is 11.8 Å². The summed E-state index contributed by atoms with van der Waals surface area (Å²) in [4.78, 5) is 15.5. The minimum atomic E-state index is -0.552. The van der Waals surface area contributed by atoms with Gasteiger partial charge in [-0.3, -0.25) is 4.68 Å². The lowest BCUT2D eigenvalue weighted by molar-refractivity contribution is 0.0595. The van der Waals surface area contributed by atoms with E-state index in [1.54, 1.807) is 36.3 Å². The Morgan fingerprint density at radius 3 is 2.89 bits per heavy atom. The van der Waals surface area contributed by atoms with Crippen molar-refractivity contribution in [2.45, 2.75) is 0 Å². The predicted octanol–water partition coefficient (Wildman–Crippen LogP) is 2.00. The van der Waals surface area contributed by atoms with Crippen LogP contribution in [0.5, 0.6) is 0 Å². The van der Waals surface area contributed by atoms with E-state index in [1.165, 1.54) is 7.11 Å². The molecule has 0 bridgehead atoms. The van der Waals surface area contributed by atoms with Gasteiger partial charge in [0.1, 0.15) is 5.15 Å². The van der Waals surface area contributed by atoms with Crippen molar-refractivity contribution in [3.63, 3.8) is 0 Å². The molecule has 0 unspecified atom stereocenters. The number of aromatic nitrogens is 3. The number of hydrogen-bond donors (Lipinski definition) is 1. The van der Waals surface area contributed by atoms with Gasteiger partial charge >= 0.3 is 5.97 Å². The second-order valence-electron chi connectivity index (χ2n) is 3.55. The number of ether oxygens (including phenoxy) is 1. The van der Waals surface area contributed by atoms with Gasteiger partial charge in [-0.2, -0.15) is 5.10 Å². The van der Waals surface area contributed by atoms with Gasteiger partial charge < -0.3 is 10.1 Å². The van der Waals surface area contributed by atoms with Crippen LogP contribution in [0, 0.1) is 0 Å². The predicted molar refractivity (Wildman–Crippen MR) is 67.1 cm³/mol. The van der Waals surface area contributed by atoms with Gasteiger partial charge in [0, 0.05) is 13.2 Å². The Hall–Kier alpha value is -2.08. The third-order valence-corrected chi connectivity index (χ3v) is 2.43. The molecular formula is C11H11ClN4O2. The van der Waals surface area contributed by atoms with Crippen LogP contribution in [0.2, 0.25) is 5.15 Å². The summed E-state index contributed by atoms with van der Waals surface area (Å²) in [6.45, 7) is 0. The van der Waals surface area contributed by atoms with Gasteiger partial charge in [-0.25, -0.2) is 9.78 Å². The molecule has 0 aliphatic carbocycles. The zero-order valence-corrected chi connectivity index (χ0v) is 10.6. The van der Waals surface area contributed by atoms with Crippen LogP contribution >= 0.6 is 11.6 Å². The lowest BCUT2D eigenvalue weighted by Gasteiger charge is -2.08. The molecule has 0 saturated heterocycles. The highest BCUT2D eigenvalue weighted by atomic mass is 35.5. The highest BCUT2D eigenvalue weighted by molar-refractivity contribution is 6.29. The minimum Gasteiger partial charge on any atom is -0.464 e.